The molecule has 1 fully saturated rings. The standard InChI is InChI=1S/C15H19N5O2S/c21-14(13-2-1-6-22-13)20-5-3-10-11(18-19-12(10)9-20)8-17-15-16-4-7-23-15/h4,7,13H,1-3,5-6,8-9H2,(H,16,17)(H,18,19)/t13-/m1/s1. The first-order chi connectivity index (χ1) is 11.3. The zero-order valence-corrected chi connectivity index (χ0v) is 13.6. The van der Waals surface area contributed by atoms with Crippen molar-refractivity contribution >= 4 is 22.4 Å². The predicted octanol–water partition coefficient (Wildman–Crippen LogP) is 1.54. The summed E-state index contributed by atoms with van der Waals surface area (Å²) >= 11 is 1.57. The highest BCUT2D eigenvalue weighted by atomic mass is 32.1. The third-order valence-corrected chi connectivity index (χ3v) is 5.11. The van der Waals surface area contributed by atoms with E-state index in [0.717, 1.165) is 42.3 Å². The van der Waals surface area contributed by atoms with Gasteiger partial charge in [-0.1, -0.05) is 0 Å². The van der Waals surface area contributed by atoms with Crippen LogP contribution in [0.5, 0.6) is 0 Å². The maximum Gasteiger partial charge on any atom is 0.252 e. The summed E-state index contributed by atoms with van der Waals surface area (Å²) in [5, 5.41) is 13.6. The second-order valence-corrected chi connectivity index (χ2v) is 6.72. The van der Waals surface area contributed by atoms with Crippen molar-refractivity contribution < 1.29 is 9.53 Å². The zero-order chi connectivity index (χ0) is 15.6. The fraction of sp³-hybridized carbons (Fsp3) is 0.533. The van der Waals surface area contributed by atoms with Gasteiger partial charge in [0.15, 0.2) is 5.13 Å². The van der Waals surface area contributed by atoms with Crippen molar-refractivity contribution in [2.45, 2.75) is 38.5 Å². The van der Waals surface area contributed by atoms with Crippen LogP contribution in [-0.4, -0.2) is 45.2 Å². The molecule has 2 aromatic rings. The smallest absolute Gasteiger partial charge is 0.252 e. The number of hydrogen-bond donors (Lipinski definition) is 2. The third-order valence-electron chi connectivity index (χ3n) is 4.38. The zero-order valence-electron chi connectivity index (χ0n) is 12.7. The first-order valence-corrected chi connectivity index (χ1v) is 8.78. The second-order valence-electron chi connectivity index (χ2n) is 5.83. The summed E-state index contributed by atoms with van der Waals surface area (Å²) in [5.74, 6) is 0.116. The van der Waals surface area contributed by atoms with Gasteiger partial charge < -0.3 is 15.0 Å². The number of thiazole rings is 1. The number of nitrogens with zero attached hydrogens (tertiary/aromatic N) is 3. The Hall–Kier alpha value is -1.93. The van der Waals surface area contributed by atoms with Gasteiger partial charge in [-0.3, -0.25) is 9.89 Å². The number of ether oxygens (including phenoxy) is 1. The van der Waals surface area contributed by atoms with Gasteiger partial charge in [-0.15, -0.1) is 11.3 Å². The minimum atomic E-state index is -0.245. The molecule has 0 aliphatic carbocycles. The molecule has 1 atom stereocenters. The Balaban J connectivity index is 1.41. The minimum absolute atomic E-state index is 0.116. The number of fused-ring (bicyclic) bond motifs is 1. The second kappa shape index (κ2) is 6.29. The molecule has 2 N–H and O–H groups in total. The lowest BCUT2D eigenvalue weighted by Crippen LogP contribution is -2.42. The number of anilines is 1. The molecule has 0 bridgehead atoms. The Labute approximate surface area is 138 Å². The van der Waals surface area contributed by atoms with Crippen molar-refractivity contribution in [1.82, 2.24) is 20.1 Å². The van der Waals surface area contributed by atoms with E-state index in [4.69, 9.17) is 4.74 Å². The van der Waals surface area contributed by atoms with E-state index < -0.39 is 0 Å². The monoisotopic (exact) mass is 333 g/mol. The molecular formula is C15H19N5O2S. The van der Waals surface area contributed by atoms with E-state index >= 15 is 0 Å². The van der Waals surface area contributed by atoms with Crippen molar-refractivity contribution in [3.8, 4) is 0 Å². The first-order valence-electron chi connectivity index (χ1n) is 7.90. The number of aromatic amines is 1. The molecule has 2 aliphatic rings. The van der Waals surface area contributed by atoms with Crippen LogP contribution in [0.25, 0.3) is 0 Å². The van der Waals surface area contributed by atoms with E-state index in [1.165, 1.54) is 5.56 Å². The van der Waals surface area contributed by atoms with E-state index in [0.29, 0.717) is 19.7 Å². The van der Waals surface area contributed by atoms with Gasteiger partial charge in [-0.25, -0.2) is 4.98 Å². The normalized spacial score (nSPS) is 20.5. The van der Waals surface area contributed by atoms with Gasteiger partial charge in [0.1, 0.15) is 6.10 Å². The molecule has 23 heavy (non-hydrogen) atoms. The number of nitrogens with one attached hydrogen (secondary N) is 2. The van der Waals surface area contributed by atoms with Gasteiger partial charge in [-0.05, 0) is 19.3 Å². The van der Waals surface area contributed by atoms with Crippen LogP contribution in [0.2, 0.25) is 0 Å². The van der Waals surface area contributed by atoms with Crippen molar-refractivity contribution in [3.63, 3.8) is 0 Å². The van der Waals surface area contributed by atoms with Crippen molar-refractivity contribution in [2.75, 3.05) is 18.5 Å². The summed E-state index contributed by atoms with van der Waals surface area (Å²) in [6, 6.07) is 0. The quantitative estimate of drug-likeness (QED) is 0.887. The SMILES string of the molecule is O=C([C@H]1CCCO1)N1CCc2c(CNc3nccs3)n[nH]c2C1. The van der Waals surface area contributed by atoms with Crippen LogP contribution in [0.3, 0.4) is 0 Å². The maximum absolute atomic E-state index is 12.4. The molecule has 0 unspecified atom stereocenters. The molecule has 122 valence electrons. The van der Waals surface area contributed by atoms with Crippen LogP contribution in [0.1, 0.15) is 29.8 Å². The topological polar surface area (TPSA) is 83.1 Å². The van der Waals surface area contributed by atoms with Crippen LogP contribution in [0.15, 0.2) is 11.6 Å². The lowest BCUT2D eigenvalue weighted by Gasteiger charge is -2.28. The molecule has 0 spiro atoms. The molecule has 4 heterocycles. The number of carbonyl (C=O) groups is 1. The molecular weight excluding hydrogens is 314 g/mol. The largest absolute Gasteiger partial charge is 0.368 e. The van der Waals surface area contributed by atoms with Crippen LogP contribution >= 0.6 is 11.3 Å². The van der Waals surface area contributed by atoms with Gasteiger partial charge in [0, 0.05) is 30.3 Å². The van der Waals surface area contributed by atoms with Gasteiger partial charge in [0.2, 0.25) is 0 Å². The lowest BCUT2D eigenvalue weighted by atomic mass is 10.0. The number of rotatable bonds is 4. The summed E-state index contributed by atoms with van der Waals surface area (Å²) in [6.07, 6.45) is 4.19. The summed E-state index contributed by atoms with van der Waals surface area (Å²) < 4.78 is 5.51. The van der Waals surface area contributed by atoms with Crippen LogP contribution in [0, 0.1) is 0 Å². The summed E-state index contributed by atoms with van der Waals surface area (Å²) in [7, 11) is 0. The average Bonchev–Trinajstić information content (AvgIpc) is 3.32. The van der Waals surface area contributed by atoms with E-state index in [1.807, 2.05) is 10.3 Å². The number of aromatic nitrogens is 3. The van der Waals surface area contributed by atoms with Gasteiger partial charge >= 0.3 is 0 Å². The molecule has 7 nitrogen and oxygen atoms in total. The fourth-order valence-corrected chi connectivity index (χ4v) is 3.70. The van der Waals surface area contributed by atoms with Gasteiger partial charge in [0.05, 0.1) is 24.5 Å². The fourth-order valence-electron chi connectivity index (χ4n) is 3.17. The molecule has 1 saturated heterocycles. The van der Waals surface area contributed by atoms with Crippen LogP contribution < -0.4 is 5.32 Å². The highest BCUT2D eigenvalue weighted by Crippen LogP contribution is 2.24. The Morgan fingerprint density at radius 1 is 1.57 bits per heavy atom. The first kappa shape index (κ1) is 14.6. The highest BCUT2D eigenvalue weighted by molar-refractivity contribution is 7.13. The van der Waals surface area contributed by atoms with Crippen molar-refractivity contribution in [2.24, 2.45) is 0 Å². The number of amides is 1. The highest BCUT2D eigenvalue weighted by Gasteiger charge is 2.31. The van der Waals surface area contributed by atoms with E-state index in [9.17, 15) is 4.79 Å². The Morgan fingerprint density at radius 3 is 3.30 bits per heavy atom. The third kappa shape index (κ3) is 2.96. The molecule has 2 aromatic heterocycles. The molecule has 1 amide bonds. The van der Waals surface area contributed by atoms with Crippen LogP contribution in [0.4, 0.5) is 5.13 Å². The van der Waals surface area contributed by atoms with E-state index in [-0.39, 0.29) is 12.0 Å². The molecule has 2 aliphatic heterocycles. The van der Waals surface area contributed by atoms with Crippen molar-refractivity contribution in [3.05, 3.63) is 28.5 Å². The Morgan fingerprint density at radius 2 is 2.52 bits per heavy atom. The molecule has 0 aromatic carbocycles. The predicted molar refractivity (Wildman–Crippen MR) is 86.1 cm³/mol. The average molecular weight is 333 g/mol. The minimum Gasteiger partial charge on any atom is -0.368 e. The van der Waals surface area contributed by atoms with Crippen molar-refractivity contribution in [1.29, 1.82) is 0 Å². The summed E-state index contributed by atoms with van der Waals surface area (Å²) in [5.41, 5.74) is 3.28. The molecule has 8 heteroatoms. The molecule has 4 rings (SSSR count). The lowest BCUT2D eigenvalue weighted by molar-refractivity contribution is -0.141. The molecule has 0 saturated carbocycles. The van der Waals surface area contributed by atoms with E-state index in [1.54, 1.807) is 17.5 Å². The summed E-state index contributed by atoms with van der Waals surface area (Å²) in [4.78, 5) is 18.5. The summed E-state index contributed by atoms with van der Waals surface area (Å²) in [6.45, 7) is 2.68. The number of hydrogen-bond acceptors (Lipinski definition) is 6. The number of H-pyrrole nitrogens is 1. The van der Waals surface area contributed by atoms with Gasteiger partial charge in [0.25, 0.3) is 5.91 Å². The maximum atomic E-state index is 12.4. The van der Waals surface area contributed by atoms with E-state index in [2.05, 4.69) is 20.5 Å². The Bertz CT molecular complexity index is 678. The number of carbonyl (C=O) groups excluding carboxylic acids is 1. The molecule has 0 radical (unpaired) electrons. The Kier molecular flexibility index (Phi) is 4.00. The van der Waals surface area contributed by atoms with Crippen LogP contribution in [-0.2, 0) is 29.0 Å². The van der Waals surface area contributed by atoms with Gasteiger partial charge in [-0.2, -0.15) is 5.10 Å².